The molecule has 1 aliphatic rings. The minimum Gasteiger partial charge on any atom is -0.397 e. The lowest BCUT2D eigenvalue weighted by molar-refractivity contribution is 0.690. The molecule has 0 saturated carbocycles. The number of aromatic nitrogens is 1. The van der Waals surface area contributed by atoms with Crippen LogP contribution in [0.25, 0.3) is 0 Å². The number of nitrogens with two attached hydrogens (primary N) is 1. The molecular formula is C15H17N3. The van der Waals surface area contributed by atoms with Crippen molar-refractivity contribution in [2.45, 2.75) is 19.4 Å². The Morgan fingerprint density at radius 1 is 1.22 bits per heavy atom. The quantitative estimate of drug-likeness (QED) is 0.876. The lowest BCUT2D eigenvalue weighted by Crippen LogP contribution is -2.28. The summed E-state index contributed by atoms with van der Waals surface area (Å²) in [7, 11) is 0. The minimum absolute atomic E-state index is 0.734. The average Bonchev–Trinajstić information content (AvgIpc) is 2.39. The van der Waals surface area contributed by atoms with Crippen LogP contribution in [0.2, 0.25) is 0 Å². The Labute approximate surface area is 107 Å². The summed E-state index contributed by atoms with van der Waals surface area (Å²) >= 11 is 0. The third-order valence-electron chi connectivity index (χ3n) is 3.40. The molecule has 2 aromatic rings. The van der Waals surface area contributed by atoms with Crippen LogP contribution >= 0.6 is 0 Å². The maximum Gasteiger partial charge on any atom is 0.0504 e. The van der Waals surface area contributed by atoms with Crippen LogP contribution in [-0.4, -0.2) is 11.5 Å². The number of anilines is 2. The predicted octanol–water partition coefficient (Wildman–Crippen LogP) is 2.62. The summed E-state index contributed by atoms with van der Waals surface area (Å²) in [5.41, 5.74) is 10.5. The number of fused-ring (bicyclic) bond motifs is 1. The topological polar surface area (TPSA) is 42.1 Å². The van der Waals surface area contributed by atoms with E-state index in [1.807, 2.05) is 12.3 Å². The van der Waals surface area contributed by atoms with E-state index in [4.69, 9.17) is 5.73 Å². The maximum atomic E-state index is 5.78. The maximum absolute atomic E-state index is 5.78. The zero-order valence-electron chi connectivity index (χ0n) is 10.3. The van der Waals surface area contributed by atoms with E-state index < -0.39 is 0 Å². The molecule has 18 heavy (non-hydrogen) atoms. The minimum atomic E-state index is 0.734. The summed E-state index contributed by atoms with van der Waals surface area (Å²) in [6, 6.07) is 10.6. The second-order valence-electron chi connectivity index (χ2n) is 4.78. The number of para-hydroxylation sites is 1. The van der Waals surface area contributed by atoms with Gasteiger partial charge in [0.05, 0.1) is 5.69 Å². The highest BCUT2D eigenvalue weighted by Crippen LogP contribution is 2.28. The third kappa shape index (κ3) is 2.16. The van der Waals surface area contributed by atoms with Gasteiger partial charge in [0, 0.05) is 31.2 Å². The zero-order valence-corrected chi connectivity index (χ0v) is 10.3. The first-order chi connectivity index (χ1) is 8.83. The van der Waals surface area contributed by atoms with E-state index in [-0.39, 0.29) is 0 Å². The first-order valence-corrected chi connectivity index (χ1v) is 6.35. The predicted molar refractivity (Wildman–Crippen MR) is 74.5 cm³/mol. The molecule has 0 saturated heterocycles. The molecule has 3 nitrogen and oxygen atoms in total. The van der Waals surface area contributed by atoms with Crippen molar-refractivity contribution in [2.24, 2.45) is 0 Å². The van der Waals surface area contributed by atoms with Crippen LogP contribution in [-0.2, 0) is 13.0 Å². The fourth-order valence-corrected chi connectivity index (χ4v) is 2.59. The Balaban J connectivity index is 1.86. The fourth-order valence-electron chi connectivity index (χ4n) is 2.59. The summed E-state index contributed by atoms with van der Waals surface area (Å²) < 4.78 is 0. The van der Waals surface area contributed by atoms with Crippen molar-refractivity contribution < 1.29 is 0 Å². The third-order valence-corrected chi connectivity index (χ3v) is 3.40. The molecule has 1 aliphatic heterocycles. The van der Waals surface area contributed by atoms with Gasteiger partial charge < -0.3 is 10.6 Å². The smallest absolute Gasteiger partial charge is 0.0504 e. The van der Waals surface area contributed by atoms with Crippen molar-refractivity contribution in [2.75, 3.05) is 17.2 Å². The van der Waals surface area contributed by atoms with Gasteiger partial charge in [-0.15, -0.1) is 0 Å². The van der Waals surface area contributed by atoms with E-state index in [9.17, 15) is 0 Å². The van der Waals surface area contributed by atoms with Crippen molar-refractivity contribution in [3.05, 3.63) is 53.9 Å². The lowest BCUT2D eigenvalue weighted by Gasteiger charge is -2.31. The monoisotopic (exact) mass is 239 g/mol. The molecule has 2 heterocycles. The first-order valence-electron chi connectivity index (χ1n) is 6.35. The molecule has 0 radical (unpaired) electrons. The van der Waals surface area contributed by atoms with Crippen LogP contribution in [0.1, 0.15) is 17.5 Å². The van der Waals surface area contributed by atoms with Gasteiger partial charge in [-0.25, -0.2) is 0 Å². The van der Waals surface area contributed by atoms with Gasteiger partial charge in [-0.3, -0.25) is 4.98 Å². The highest BCUT2D eigenvalue weighted by molar-refractivity contribution is 5.56. The SMILES string of the molecule is Nc1cncc(CN2CCCc3ccccc32)c1. The van der Waals surface area contributed by atoms with E-state index in [0.29, 0.717) is 0 Å². The van der Waals surface area contributed by atoms with Gasteiger partial charge in [-0.1, -0.05) is 18.2 Å². The van der Waals surface area contributed by atoms with Gasteiger partial charge in [-0.05, 0) is 36.1 Å². The van der Waals surface area contributed by atoms with Gasteiger partial charge in [0.1, 0.15) is 0 Å². The Hall–Kier alpha value is -2.03. The average molecular weight is 239 g/mol. The number of hydrogen-bond acceptors (Lipinski definition) is 3. The van der Waals surface area contributed by atoms with E-state index in [0.717, 1.165) is 18.8 Å². The molecule has 0 fully saturated rings. The molecule has 3 heteroatoms. The number of nitrogen functional groups attached to an aromatic ring is 1. The first kappa shape index (κ1) is 11.1. The van der Waals surface area contributed by atoms with Gasteiger partial charge in [0.15, 0.2) is 0 Å². The van der Waals surface area contributed by atoms with Crippen LogP contribution in [0.15, 0.2) is 42.7 Å². The van der Waals surface area contributed by atoms with Crippen molar-refractivity contribution in [3.8, 4) is 0 Å². The second-order valence-corrected chi connectivity index (χ2v) is 4.78. The van der Waals surface area contributed by atoms with Crippen molar-refractivity contribution in [1.82, 2.24) is 4.98 Å². The number of aryl methyl sites for hydroxylation is 1. The molecule has 2 N–H and O–H groups in total. The Kier molecular flexibility index (Phi) is 2.89. The van der Waals surface area contributed by atoms with Crippen LogP contribution in [0.5, 0.6) is 0 Å². The highest BCUT2D eigenvalue weighted by Gasteiger charge is 2.16. The van der Waals surface area contributed by atoms with E-state index >= 15 is 0 Å². The van der Waals surface area contributed by atoms with E-state index in [1.54, 1.807) is 6.20 Å². The Bertz CT molecular complexity index is 551. The van der Waals surface area contributed by atoms with E-state index in [2.05, 4.69) is 34.1 Å². The largest absolute Gasteiger partial charge is 0.397 e. The number of hydrogen-bond donors (Lipinski definition) is 1. The van der Waals surface area contributed by atoms with Crippen molar-refractivity contribution in [1.29, 1.82) is 0 Å². The van der Waals surface area contributed by atoms with Gasteiger partial charge in [-0.2, -0.15) is 0 Å². The highest BCUT2D eigenvalue weighted by atomic mass is 15.1. The number of nitrogens with zero attached hydrogens (tertiary/aromatic N) is 2. The van der Waals surface area contributed by atoms with Crippen molar-refractivity contribution >= 4 is 11.4 Å². The summed E-state index contributed by atoms with van der Waals surface area (Å²) in [4.78, 5) is 6.57. The molecule has 0 unspecified atom stereocenters. The fraction of sp³-hybridized carbons (Fsp3) is 0.267. The van der Waals surface area contributed by atoms with Gasteiger partial charge in [0.2, 0.25) is 0 Å². The molecule has 0 bridgehead atoms. The van der Waals surface area contributed by atoms with Gasteiger partial charge >= 0.3 is 0 Å². The normalized spacial score (nSPS) is 14.3. The molecule has 1 aromatic carbocycles. The van der Waals surface area contributed by atoms with E-state index in [1.165, 1.54) is 29.7 Å². The second kappa shape index (κ2) is 4.69. The van der Waals surface area contributed by atoms with Crippen LogP contribution in [0.3, 0.4) is 0 Å². The number of pyridine rings is 1. The molecule has 3 rings (SSSR count). The van der Waals surface area contributed by atoms with Crippen LogP contribution in [0.4, 0.5) is 11.4 Å². The molecule has 0 atom stereocenters. The summed E-state index contributed by atoms with van der Waals surface area (Å²) in [5.74, 6) is 0. The Morgan fingerprint density at radius 2 is 2.11 bits per heavy atom. The summed E-state index contributed by atoms with van der Waals surface area (Å²) in [6.45, 7) is 1.99. The molecule has 0 amide bonds. The summed E-state index contributed by atoms with van der Waals surface area (Å²) in [5, 5.41) is 0. The summed E-state index contributed by atoms with van der Waals surface area (Å²) in [6.07, 6.45) is 5.98. The van der Waals surface area contributed by atoms with Crippen LogP contribution in [0, 0.1) is 0 Å². The molecule has 92 valence electrons. The molecule has 1 aromatic heterocycles. The molecule has 0 spiro atoms. The lowest BCUT2D eigenvalue weighted by atomic mass is 10.0. The molecular weight excluding hydrogens is 222 g/mol. The Morgan fingerprint density at radius 3 is 3.00 bits per heavy atom. The van der Waals surface area contributed by atoms with Crippen LogP contribution < -0.4 is 10.6 Å². The number of benzene rings is 1. The molecule has 0 aliphatic carbocycles. The zero-order chi connectivity index (χ0) is 12.4. The number of rotatable bonds is 2. The van der Waals surface area contributed by atoms with Crippen molar-refractivity contribution in [3.63, 3.8) is 0 Å². The standard InChI is InChI=1S/C15H17N3/c16-14-8-12(9-17-10-14)11-18-7-3-5-13-4-1-2-6-15(13)18/h1-2,4,6,8-10H,3,5,7,11,16H2. The van der Waals surface area contributed by atoms with Gasteiger partial charge in [0.25, 0.3) is 0 Å².